The third kappa shape index (κ3) is 4.81. The molecular formula is C18H15BF2O3. The molecule has 0 aliphatic heterocycles. The van der Waals surface area contributed by atoms with Gasteiger partial charge < -0.3 is 9.39 Å². The SMILES string of the molecule is C=CCOc1ccccc1C(=O)/C=C(\OB(F)F)c1ccccc1. The highest BCUT2D eigenvalue weighted by molar-refractivity contribution is 6.36. The first-order valence-corrected chi connectivity index (χ1v) is 7.21. The Morgan fingerprint density at radius 2 is 1.75 bits per heavy atom. The maximum absolute atomic E-state index is 12.7. The summed E-state index contributed by atoms with van der Waals surface area (Å²) in [5.74, 6) is -0.341. The number of halogens is 2. The van der Waals surface area contributed by atoms with Crippen LogP contribution in [0.1, 0.15) is 15.9 Å². The van der Waals surface area contributed by atoms with E-state index in [1.165, 1.54) is 0 Å². The van der Waals surface area contributed by atoms with E-state index in [0.29, 0.717) is 11.3 Å². The molecule has 0 saturated heterocycles. The molecule has 0 N–H and O–H groups in total. The second-order valence-corrected chi connectivity index (χ2v) is 4.71. The fourth-order valence-electron chi connectivity index (χ4n) is 2.03. The fourth-order valence-corrected chi connectivity index (χ4v) is 2.03. The van der Waals surface area contributed by atoms with Crippen molar-refractivity contribution in [1.29, 1.82) is 0 Å². The topological polar surface area (TPSA) is 35.5 Å². The van der Waals surface area contributed by atoms with Crippen molar-refractivity contribution in [3.05, 3.63) is 84.5 Å². The molecule has 0 fully saturated rings. The standard InChI is InChI=1S/C18H15BF2O3/c1-2-12-23-17-11-7-6-10-15(17)16(22)13-18(24-19(20)21)14-8-4-3-5-9-14/h2-11,13H,1,12H2/b18-13-. The first-order chi connectivity index (χ1) is 11.6. The maximum Gasteiger partial charge on any atom is 0.796 e. The first-order valence-electron chi connectivity index (χ1n) is 7.21. The van der Waals surface area contributed by atoms with E-state index in [1.54, 1.807) is 60.7 Å². The van der Waals surface area contributed by atoms with Crippen molar-refractivity contribution in [3.8, 4) is 5.75 Å². The Morgan fingerprint density at radius 1 is 1.08 bits per heavy atom. The average molecular weight is 328 g/mol. The monoisotopic (exact) mass is 328 g/mol. The normalized spacial score (nSPS) is 10.8. The van der Waals surface area contributed by atoms with Crippen LogP contribution in [0.5, 0.6) is 5.75 Å². The lowest BCUT2D eigenvalue weighted by molar-refractivity contribution is 0.104. The molecule has 0 bridgehead atoms. The number of ether oxygens (including phenoxy) is 1. The maximum atomic E-state index is 12.7. The lowest BCUT2D eigenvalue weighted by Crippen LogP contribution is -2.07. The molecule has 2 rings (SSSR count). The van der Waals surface area contributed by atoms with Crippen LogP contribution in [-0.4, -0.2) is 19.9 Å². The van der Waals surface area contributed by atoms with Crippen molar-refractivity contribution in [2.24, 2.45) is 0 Å². The van der Waals surface area contributed by atoms with E-state index in [1.807, 2.05) is 0 Å². The molecule has 0 heterocycles. The molecule has 6 heteroatoms. The van der Waals surface area contributed by atoms with E-state index >= 15 is 0 Å². The lowest BCUT2D eigenvalue weighted by Gasteiger charge is -2.10. The molecule has 24 heavy (non-hydrogen) atoms. The van der Waals surface area contributed by atoms with Crippen molar-refractivity contribution < 1.29 is 22.8 Å². The van der Waals surface area contributed by atoms with Crippen molar-refractivity contribution >= 4 is 19.0 Å². The van der Waals surface area contributed by atoms with Gasteiger partial charge >= 0.3 is 7.47 Å². The number of ketones is 1. The van der Waals surface area contributed by atoms with Gasteiger partial charge in [0, 0.05) is 11.6 Å². The summed E-state index contributed by atoms with van der Waals surface area (Å²) < 4.78 is 35.2. The van der Waals surface area contributed by atoms with Crippen LogP contribution in [0.25, 0.3) is 5.76 Å². The van der Waals surface area contributed by atoms with Gasteiger partial charge in [-0.3, -0.25) is 4.79 Å². The van der Waals surface area contributed by atoms with E-state index in [-0.39, 0.29) is 17.9 Å². The Kier molecular flexibility index (Phi) is 6.31. The summed E-state index contributed by atoms with van der Waals surface area (Å²) in [7, 11) is -3.03. The van der Waals surface area contributed by atoms with Gasteiger partial charge in [-0.2, -0.15) is 0 Å². The summed E-state index contributed by atoms with van der Waals surface area (Å²) in [4.78, 5) is 12.5. The van der Waals surface area contributed by atoms with Gasteiger partial charge in [-0.15, -0.1) is 0 Å². The number of carbonyl (C=O) groups excluding carboxylic acids is 1. The number of hydrogen-bond donors (Lipinski definition) is 0. The second-order valence-electron chi connectivity index (χ2n) is 4.71. The molecule has 0 atom stereocenters. The van der Waals surface area contributed by atoms with Crippen LogP contribution in [0, 0.1) is 0 Å². The van der Waals surface area contributed by atoms with Gasteiger partial charge in [-0.05, 0) is 12.1 Å². The van der Waals surface area contributed by atoms with Gasteiger partial charge in [0.1, 0.15) is 18.1 Å². The summed E-state index contributed by atoms with van der Waals surface area (Å²) in [6, 6.07) is 14.8. The molecule has 0 aromatic heterocycles. The highest BCUT2D eigenvalue weighted by atomic mass is 19.2. The summed E-state index contributed by atoms with van der Waals surface area (Å²) in [5.41, 5.74) is 0.640. The number of benzene rings is 2. The third-order valence-electron chi connectivity index (χ3n) is 3.05. The van der Waals surface area contributed by atoms with Crippen LogP contribution in [-0.2, 0) is 4.65 Å². The van der Waals surface area contributed by atoms with Gasteiger partial charge in [-0.1, -0.05) is 55.1 Å². The molecule has 3 nitrogen and oxygen atoms in total. The Morgan fingerprint density at radius 3 is 2.42 bits per heavy atom. The summed E-state index contributed by atoms with van der Waals surface area (Å²) in [5, 5.41) is 0. The zero-order valence-corrected chi connectivity index (χ0v) is 12.8. The fraction of sp³-hybridized carbons (Fsp3) is 0.0556. The molecule has 0 spiro atoms. The van der Waals surface area contributed by atoms with E-state index in [2.05, 4.69) is 11.2 Å². The van der Waals surface area contributed by atoms with Gasteiger partial charge in [0.15, 0.2) is 5.78 Å². The quantitative estimate of drug-likeness (QED) is 0.237. The number of para-hydroxylation sites is 1. The zero-order chi connectivity index (χ0) is 17.4. The predicted molar refractivity (Wildman–Crippen MR) is 89.9 cm³/mol. The molecule has 0 amide bonds. The number of allylic oxidation sites excluding steroid dienone is 1. The Labute approximate surface area is 139 Å². The van der Waals surface area contributed by atoms with Crippen LogP contribution in [0.3, 0.4) is 0 Å². The predicted octanol–water partition coefficient (Wildman–Crippen LogP) is 4.42. The minimum Gasteiger partial charge on any atom is -0.505 e. The van der Waals surface area contributed by atoms with Gasteiger partial charge in [0.25, 0.3) is 0 Å². The van der Waals surface area contributed by atoms with Crippen LogP contribution in [0.2, 0.25) is 0 Å². The van der Waals surface area contributed by atoms with Gasteiger partial charge in [-0.25, -0.2) is 8.63 Å². The largest absolute Gasteiger partial charge is 0.796 e. The van der Waals surface area contributed by atoms with Crippen molar-refractivity contribution in [2.75, 3.05) is 6.61 Å². The average Bonchev–Trinajstić information content (AvgIpc) is 2.60. The molecule has 0 aliphatic carbocycles. The van der Waals surface area contributed by atoms with Crippen LogP contribution in [0.4, 0.5) is 8.63 Å². The van der Waals surface area contributed by atoms with Crippen LogP contribution < -0.4 is 4.74 Å². The Bertz CT molecular complexity index is 730. The second kappa shape index (κ2) is 8.67. The zero-order valence-electron chi connectivity index (χ0n) is 12.8. The minimum absolute atomic E-state index is 0.200. The van der Waals surface area contributed by atoms with Crippen molar-refractivity contribution in [2.45, 2.75) is 0 Å². The van der Waals surface area contributed by atoms with Crippen molar-refractivity contribution in [1.82, 2.24) is 0 Å². The van der Waals surface area contributed by atoms with E-state index in [4.69, 9.17) is 4.74 Å². The molecule has 2 aromatic rings. The summed E-state index contributed by atoms with van der Waals surface area (Å²) in [6.45, 7) is 3.78. The summed E-state index contributed by atoms with van der Waals surface area (Å²) >= 11 is 0. The third-order valence-corrected chi connectivity index (χ3v) is 3.05. The Hall–Kier alpha value is -2.89. The van der Waals surface area contributed by atoms with E-state index in [9.17, 15) is 13.4 Å². The Balaban J connectivity index is 2.35. The number of rotatable bonds is 8. The molecule has 0 aliphatic rings. The van der Waals surface area contributed by atoms with E-state index in [0.717, 1.165) is 6.08 Å². The minimum atomic E-state index is -3.03. The van der Waals surface area contributed by atoms with Gasteiger partial charge in [0.05, 0.1) is 5.56 Å². The lowest BCUT2D eigenvalue weighted by atomic mass is 10.1. The van der Waals surface area contributed by atoms with E-state index < -0.39 is 13.3 Å². The molecule has 0 saturated carbocycles. The van der Waals surface area contributed by atoms with Crippen LogP contribution >= 0.6 is 0 Å². The number of hydrogen-bond acceptors (Lipinski definition) is 3. The molecule has 0 radical (unpaired) electrons. The molecule has 0 unspecified atom stereocenters. The smallest absolute Gasteiger partial charge is 0.505 e. The molecule has 2 aromatic carbocycles. The highest BCUT2D eigenvalue weighted by Crippen LogP contribution is 2.23. The van der Waals surface area contributed by atoms with Crippen LogP contribution in [0.15, 0.2) is 73.3 Å². The van der Waals surface area contributed by atoms with Crippen molar-refractivity contribution in [3.63, 3.8) is 0 Å². The molecular weight excluding hydrogens is 313 g/mol. The first kappa shape index (κ1) is 17.5. The molecule has 122 valence electrons. The summed E-state index contributed by atoms with van der Waals surface area (Å²) in [6.07, 6.45) is 2.59. The van der Waals surface area contributed by atoms with Gasteiger partial charge in [0.2, 0.25) is 0 Å². The highest BCUT2D eigenvalue weighted by Gasteiger charge is 2.21. The number of carbonyl (C=O) groups is 1.